The Morgan fingerprint density at radius 2 is 2.05 bits per heavy atom. The SMILES string of the molecule is CNC(C)Cc1ccc(OCCc2scnc2C)cc1. The quantitative estimate of drug-likeness (QED) is 0.850. The van der Waals surface area contributed by atoms with Crippen molar-refractivity contribution in [2.75, 3.05) is 13.7 Å². The average molecular weight is 290 g/mol. The Hall–Kier alpha value is -1.39. The second-order valence-corrected chi connectivity index (χ2v) is 5.94. The van der Waals surface area contributed by atoms with Crippen LogP contribution in [0.25, 0.3) is 0 Å². The zero-order chi connectivity index (χ0) is 14.4. The van der Waals surface area contributed by atoms with Gasteiger partial charge in [0.25, 0.3) is 0 Å². The number of thiazole rings is 1. The summed E-state index contributed by atoms with van der Waals surface area (Å²) in [5.41, 5.74) is 4.34. The molecule has 0 fully saturated rings. The third-order valence-electron chi connectivity index (χ3n) is 3.40. The first kappa shape index (κ1) is 15.0. The van der Waals surface area contributed by atoms with Crippen molar-refractivity contribution < 1.29 is 4.74 Å². The number of aryl methyl sites for hydroxylation is 1. The number of hydrogen-bond donors (Lipinski definition) is 1. The molecule has 0 saturated heterocycles. The van der Waals surface area contributed by atoms with Gasteiger partial charge in [0, 0.05) is 17.3 Å². The summed E-state index contributed by atoms with van der Waals surface area (Å²) < 4.78 is 5.78. The Balaban J connectivity index is 1.80. The predicted octanol–water partition coefficient (Wildman–Crippen LogP) is 3.22. The Bertz CT molecular complexity index is 522. The van der Waals surface area contributed by atoms with E-state index < -0.39 is 0 Å². The Labute approximate surface area is 125 Å². The Kier molecular flexibility index (Phi) is 5.56. The number of rotatable bonds is 7. The van der Waals surface area contributed by atoms with Crippen LogP contribution >= 0.6 is 11.3 Å². The van der Waals surface area contributed by atoms with Crippen molar-refractivity contribution in [1.82, 2.24) is 10.3 Å². The van der Waals surface area contributed by atoms with E-state index in [1.165, 1.54) is 10.4 Å². The summed E-state index contributed by atoms with van der Waals surface area (Å²) in [5, 5.41) is 3.25. The summed E-state index contributed by atoms with van der Waals surface area (Å²) in [4.78, 5) is 5.56. The van der Waals surface area contributed by atoms with Gasteiger partial charge in [-0.1, -0.05) is 12.1 Å². The number of ether oxygens (including phenoxy) is 1. The van der Waals surface area contributed by atoms with E-state index >= 15 is 0 Å². The minimum atomic E-state index is 0.496. The van der Waals surface area contributed by atoms with E-state index in [0.29, 0.717) is 12.6 Å². The van der Waals surface area contributed by atoms with Gasteiger partial charge in [0.15, 0.2) is 0 Å². The highest BCUT2D eigenvalue weighted by Crippen LogP contribution is 2.16. The molecule has 0 saturated carbocycles. The van der Waals surface area contributed by atoms with Crippen molar-refractivity contribution in [3.63, 3.8) is 0 Å². The van der Waals surface area contributed by atoms with E-state index in [4.69, 9.17) is 4.74 Å². The zero-order valence-electron chi connectivity index (χ0n) is 12.3. The highest BCUT2D eigenvalue weighted by Gasteiger charge is 2.03. The third-order valence-corrected chi connectivity index (χ3v) is 4.40. The first-order valence-corrected chi connectivity index (χ1v) is 7.85. The lowest BCUT2D eigenvalue weighted by Crippen LogP contribution is -2.23. The summed E-state index contributed by atoms with van der Waals surface area (Å²) in [7, 11) is 1.99. The zero-order valence-corrected chi connectivity index (χ0v) is 13.2. The number of nitrogens with one attached hydrogen (secondary N) is 1. The van der Waals surface area contributed by atoms with E-state index in [1.54, 1.807) is 11.3 Å². The molecule has 108 valence electrons. The molecule has 0 spiro atoms. The van der Waals surface area contributed by atoms with Gasteiger partial charge in [-0.2, -0.15) is 0 Å². The lowest BCUT2D eigenvalue weighted by atomic mass is 10.1. The molecule has 0 aliphatic carbocycles. The van der Waals surface area contributed by atoms with Gasteiger partial charge in [0.1, 0.15) is 5.75 Å². The van der Waals surface area contributed by atoms with E-state index in [2.05, 4.69) is 41.5 Å². The Morgan fingerprint density at radius 3 is 2.65 bits per heavy atom. The molecule has 0 bridgehead atoms. The van der Waals surface area contributed by atoms with Crippen molar-refractivity contribution in [2.24, 2.45) is 0 Å². The van der Waals surface area contributed by atoms with Gasteiger partial charge < -0.3 is 10.1 Å². The maximum absolute atomic E-state index is 5.78. The second-order valence-electron chi connectivity index (χ2n) is 5.00. The fraction of sp³-hybridized carbons (Fsp3) is 0.438. The fourth-order valence-electron chi connectivity index (χ4n) is 2.01. The van der Waals surface area contributed by atoms with Gasteiger partial charge in [0.05, 0.1) is 17.8 Å². The summed E-state index contributed by atoms with van der Waals surface area (Å²) in [6.07, 6.45) is 1.96. The molecule has 1 N–H and O–H groups in total. The second kappa shape index (κ2) is 7.41. The maximum atomic E-state index is 5.78. The van der Waals surface area contributed by atoms with Crippen LogP contribution in [0.2, 0.25) is 0 Å². The first-order chi connectivity index (χ1) is 9.69. The molecule has 0 radical (unpaired) electrons. The third kappa shape index (κ3) is 4.32. The smallest absolute Gasteiger partial charge is 0.119 e. The number of hydrogen-bond acceptors (Lipinski definition) is 4. The van der Waals surface area contributed by atoms with Crippen molar-refractivity contribution >= 4 is 11.3 Å². The van der Waals surface area contributed by atoms with Crippen LogP contribution in [0.3, 0.4) is 0 Å². The van der Waals surface area contributed by atoms with Crippen LogP contribution < -0.4 is 10.1 Å². The minimum Gasteiger partial charge on any atom is -0.493 e. The summed E-state index contributed by atoms with van der Waals surface area (Å²) in [6, 6.07) is 8.88. The number of likely N-dealkylation sites (N-methyl/N-ethyl adjacent to an activating group) is 1. The molecule has 1 unspecified atom stereocenters. The Morgan fingerprint density at radius 1 is 1.30 bits per heavy atom. The number of aromatic nitrogens is 1. The molecule has 3 nitrogen and oxygen atoms in total. The largest absolute Gasteiger partial charge is 0.493 e. The molecular weight excluding hydrogens is 268 g/mol. The van der Waals surface area contributed by atoms with Gasteiger partial charge in [-0.05, 0) is 45.0 Å². The maximum Gasteiger partial charge on any atom is 0.119 e. The minimum absolute atomic E-state index is 0.496. The van der Waals surface area contributed by atoms with E-state index in [-0.39, 0.29) is 0 Å². The molecule has 1 aromatic carbocycles. The summed E-state index contributed by atoms with van der Waals surface area (Å²) in [5.74, 6) is 0.938. The molecule has 1 heterocycles. The molecule has 0 aliphatic rings. The van der Waals surface area contributed by atoms with Gasteiger partial charge in [-0.3, -0.25) is 0 Å². The molecule has 4 heteroatoms. The molecule has 1 aromatic heterocycles. The monoisotopic (exact) mass is 290 g/mol. The van der Waals surface area contributed by atoms with Gasteiger partial charge in [-0.15, -0.1) is 11.3 Å². The number of nitrogens with zero attached hydrogens (tertiary/aromatic N) is 1. The van der Waals surface area contributed by atoms with Crippen LogP contribution in [0.15, 0.2) is 29.8 Å². The van der Waals surface area contributed by atoms with Crippen LogP contribution in [-0.4, -0.2) is 24.7 Å². The van der Waals surface area contributed by atoms with Crippen molar-refractivity contribution in [2.45, 2.75) is 32.7 Å². The summed E-state index contributed by atoms with van der Waals surface area (Å²) in [6.45, 7) is 4.93. The average Bonchev–Trinajstić information content (AvgIpc) is 2.86. The molecule has 0 aliphatic heterocycles. The molecule has 20 heavy (non-hydrogen) atoms. The number of benzene rings is 1. The molecular formula is C16H22N2OS. The lowest BCUT2D eigenvalue weighted by molar-refractivity contribution is 0.322. The highest BCUT2D eigenvalue weighted by atomic mass is 32.1. The molecule has 1 atom stereocenters. The normalized spacial score (nSPS) is 12.3. The van der Waals surface area contributed by atoms with E-state index in [9.17, 15) is 0 Å². The van der Waals surface area contributed by atoms with Crippen molar-refractivity contribution in [3.05, 3.63) is 45.9 Å². The highest BCUT2D eigenvalue weighted by molar-refractivity contribution is 7.09. The lowest BCUT2D eigenvalue weighted by Gasteiger charge is -2.11. The van der Waals surface area contributed by atoms with Crippen molar-refractivity contribution in [1.29, 1.82) is 0 Å². The molecule has 0 amide bonds. The molecule has 2 aromatic rings. The topological polar surface area (TPSA) is 34.1 Å². The summed E-state index contributed by atoms with van der Waals surface area (Å²) >= 11 is 1.70. The van der Waals surface area contributed by atoms with Gasteiger partial charge in [-0.25, -0.2) is 4.98 Å². The fourth-order valence-corrected chi connectivity index (χ4v) is 2.77. The van der Waals surface area contributed by atoms with Crippen LogP contribution in [0.4, 0.5) is 0 Å². The van der Waals surface area contributed by atoms with Crippen LogP contribution in [0.1, 0.15) is 23.1 Å². The van der Waals surface area contributed by atoms with Crippen LogP contribution in [0.5, 0.6) is 5.75 Å². The first-order valence-electron chi connectivity index (χ1n) is 6.97. The standard InChI is InChI=1S/C16H22N2OS/c1-12(17-3)10-14-4-6-15(7-5-14)19-9-8-16-13(2)18-11-20-16/h4-7,11-12,17H,8-10H2,1-3H3. The van der Waals surface area contributed by atoms with E-state index in [1.807, 2.05) is 19.5 Å². The molecule has 2 rings (SSSR count). The van der Waals surface area contributed by atoms with E-state index in [0.717, 1.165) is 24.3 Å². The van der Waals surface area contributed by atoms with Gasteiger partial charge >= 0.3 is 0 Å². The van der Waals surface area contributed by atoms with Crippen molar-refractivity contribution in [3.8, 4) is 5.75 Å². The van der Waals surface area contributed by atoms with Gasteiger partial charge in [0.2, 0.25) is 0 Å². The predicted molar refractivity (Wildman–Crippen MR) is 84.7 cm³/mol. The van der Waals surface area contributed by atoms with Crippen LogP contribution in [-0.2, 0) is 12.8 Å². The van der Waals surface area contributed by atoms with Crippen LogP contribution in [0, 0.1) is 6.92 Å².